The number of anilines is 1. The van der Waals surface area contributed by atoms with Crippen molar-refractivity contribution in [1.82, 2.24) is 14.7 Å². The van der Waals surface area contributed by atoms with Gasteiger partial charge in [0, 0.05) is 31.0 Å². The standard InChI is InChI=1S/C16H22N4O/c1-4-13-5-7-15(8-6-13)18-16(21)12-19(2)10-14-9-17-20(3)11-14/h5-9,11H,4,10,12H2,1-3H3,(H,18,21). The summed E-state index contributed by atoms with van der Waals surface area (Å²) in [5.74, 6) is -0.00867. The van der Waals surface area contributed by atoms with E-state index in [1.165, 1.54) is 5.56 Å². The van der Waals surface area contributed by atoms with Crippen LogP contribution in [0.15, 0.2) is 36.7 Å². The number of hydrogen-bond acceptors (Lipinski definition) is 3. The van der Waals surface area contributed by atoms with Gasteiger partial charge >= 0.3 is 0 Å². The fourth-order valence-electron chi connectivity index (χ4n) is 2.19. The molecular weight excluding hydrogens is 264 g/mol. The van der Waals surface area contributed by atoms with Crippen LogP contribution in [-0.2, 0) is 24.8 Å². The third kappa shape index (κ3) is 4.72. The number of carbonyl (C=O) groups is 1. The zero-order valence-corrected chi connectivity index (χ0v) is 12.8. The van der Waals surface area contributed by atoms with Crippen LogP contribution in [0.3, 0.4) is 0 Å². The molecule has 2 rings (SSSR count). The summed E-state index contributed by atoms with van der Waals surface area (Å²) in [6, 6.07) is 7.96. The molecule has 1 aromatic heterocycles. The van der Waals surface area contributed by atoms with Gasteiger partial charge in [-0.25, -0.2) is 0 Å². The summed E-state index contributed by atoms with van der Waals surface area (Å²) in [5, 5.41) is 7.04. The fraction of sp³-hybridized carbons (Fsp3) is 0.375. The Balaban J connectivity index is 1.82. The van der Waals surface area contributed by atoms with Crippen LogP contribution in [0.4, 0.5) is 5.69 Å². The van der Waals surface area contributed by atoms with Gasteiger partial charge in [-0.15, -0.1) is 0 Å². The van der Waals surface area contributed by atoms with E-state index in [9.17, 15) is 4.79 Å². The lowest BCUT2D eigenvalue weighted by atomic mass is 10.1. The summed E-state index contributed by atoms with van der Waals surface area (Å²) in [5.41, 5.74) is 3.20. The van der Waals surface area contributed by atoms with Crippen molar-refractivity contribution in [3.8, 4) is 0 Å². The maximum atomic E-state index is 12.0. The molecule has 0 aliphatic rings. The minimum Gasteiger partial charge on any atom is -0.325 e. The van der Waals surface area contributed by atoms with E-state index in [2.05, 4.69) is 17.3 Å². The molecule has 0 fully saturated rings. The van der Waals surface area contributed by atoms with Gasteiger partial charge in [0.25, 0.3) is 0 Å². The van der Waals surface area contributed by atoms with E-state index < -0.39 is 0 Å². The first-order valence-corrected chi connectivity index (χ1v) is 7.11. The van der Waals surface area contributed by atoms with Gasteiger partial charge < -0.3 is 5.32 Å². The van der Waals surface area contributed by atoms with E-state index in [0.29, 0.717) is 13.1 Å². The molecule has 5 nitrogen and oxygen atoms in total. The van der Waals surface area contributed by atoms with Crippen LogP contribution in [0.1, 0.15) is 18.1 Å². The number of carbonyl (C=O) groups excluding carboxylic acids is 1. The Morgan fingerprint density at radius 2 is 2.00 bits per heavy atom. The van der Waals surface area contributed by atoms with E-state index in [1.807, 2.05) is 55.7 Å². The first-order chi connectivity index (χ1) is 10.1. The maximum absolute atomic E-state index is 12.0. The molecule has 0 atom stereocenters. The van der Waals surface area contributed by atoms with Gasteiger partial charge in [0.1, 0.15) is 0 Å². The maximum Gasteiger partial charge on any atom is 0.238 e. The second-order valence-corrected chi connectivity index (χ2v) is 5.29. The first kappa shape index (κ1) is 15.3. The smallest absolute Gasteiger partial charge is 0.238 e. The van der Waals surface area contributed by atoms with Crippen molar-refractivity contribution in [2.45, 2.75) is 19.9 Å². The zero-order chi connectivity index (χ0) is 15.2. The van der Waals surface area contributed by atoms with Crippen LogP contribution < -0.4 is 5.32 Å². The molecule has 5 heteroatoms. The molecule has 0 saturated carbocycles. The third-order valence-corrected chi connectivity index (χ3v) is 3.27. The van der Waals surface area contributed by atoms with Gasteiger partial charge in [0.05, 0.1) is 12.7 Å². The highest BCUT2D eigenvalue weighted by Crippen LogP contribution is 2.10. The van der Waals surface area contributed by atoms with Gasteiger partial charge in [0.15, 0.2) is 0 Å². The largest absolute Gasteiger partial charge is 0.325 e. The molecule has 1 N–H and O–H groups in total. The lowest BCUT2D eigenvalue weighted by Gasteiger charge is -2.15. The predicted molar refractivity (Wildman–Crippen MR) is 84.0 cm³/mol. The lowest BCUT2D eigenvalue weighted by molar-refractivity contribution is -0.117. The summed E-state index contributed by atoms with van der Waals surface area (Å²) in [7, 11) is 3.81. The molecular formula is C16H22N4O. The average molecular weight is 286 g/mol. The number of nitrogens with zero attached hydrogens (tertiary/aromatic N) is 3. The Hall–Kier alpha value is -2.14. The van der Waals surface area contributed by atoms with Gasteiger partial charge in [-0.05, 0) is 31.2 Å². The van der Waals surface area contributed by atoms with E-state index in [4.69, 9.17) is 0 Å². The number of nitrogens with one attached hydrogen (secondary N) is 1. The molecule has 1 aromatic carbocycles. The highest BCUT2D eigenvalue weighted by molar-refractivity contribution is 5.92. The van der Waals surface area contributed by atoms with E-state index in [-0.39, 0.29) is 5.91 Å². The molecule has 0 bridgehead atoms. The van der Waals surface area contributed by atoms with Crippen molar-refractivity contribution in [3.05, 3.63) is 47.8 Å². The Morgan fingerprint density at radius 1 is 1.29 bits per heavy atom. The molecule has 0 aliphatic carbocycles. The van der Waals surface area contributed by atoms with E-state index in [1.54, 1.807) is 4.68 Å². The molecule has 0 radical (unpaired) electrons. The Labute approximate surface area is 125 Å². The summed E-state index contributed by atoms with van der Waals surface area (Å²) in [6.07, 6.45) is 4.78. The quantitative estimate of drug-likeness (QED) is 0.884. The highest BCUT2D eigenvalue weighted by atomic mass is 16.2. The molecule has 0 unspecified atom stereocenters. The number of hydrogen-bond donors (Lipinski definition) is 1. The molecule has 1 heterocycles. The molecule has 0 saturated heterocycles. The van der Waals surface area contributed by atoms with Gasteiger partial charge in [-0.2, -0.15) is 5.10 Å². The number of rotatable bonds is 6. The Kier molecular flexibility index (Phi) is 5.11. The lowest BCUT2D eigenvalue weighted by Crippen LogP contribution is -2.29. The molecule has 2 aromatic rings. The van der Waals surface area contributed by atoms with Crippen LogP contribution in [0, 0.1) is 0 Å². The summed E-state index contributed by atoms with van der Waals surface area (Å²) < 4.78 is 1.76. The predicted octanol–water partition coefficient (Wildman–Crippen LogP) is 2.05. The molecule has 1 amide bonds. The highest BCUT2D eigenvalue weighted by Gasteiger charge is 2.08. The van der Waals surface area contributed by atoms with Crippen LogP contribution in [0.2, 0.25) is 0 Å². The topological polar surface area (TPSA) is 50.2 Å². The number of aromatic nitrogens is 2. The molecule has 21 heavy (non-hydrogen) atoms. The third-order valence-electron chi connectivity index (χ3n) is 3.27. The van der Waals surface area contributed by atoms with Crippen LogP contribution >= 0.6 is 0 Å². The van der Waals surface area contributed by atoms with Crippen molar-refractivity contribution in [2.24, 2.45) is 7.05 Å². The summed E-state index contributed by atoms with van der Waals surface area (Å²) in [4.78, 5) is 14.0. The average Bonchev–Trinajstić information content (AvgIpc) is 2.84. The minimum atomic E-state index is -0.00867. The number of benzene rings is 1. The SMILES string of the molecule is CCc1ccc(NC(=O)CN(C)Cc2cnn(C)c2)cc1. The van der Waals surface area contributed by atoms with Crippen molar-refractivity contribution in [2.75, 3.05) is 18.9 Å². The van der Waals surface area contributed by atoms with Crippen molar-refractivity contribution in [1.29, 1.82) is 0 Å². The Bertz CT molecular complexity index is 589. The second kappa shape index (κ2) is 7.04. The van der Waals surface area contributed by atoms with E-state index in [0.717, 1.165) is 17.7 Å². The zero-order valence-electron chi connectivity index (χ0n) is 12.8. The van der Waals surface area contributed by atoms with Crippen molar-refractivity contribution >= 4 is 11.6 Å². The molecule has 112 valence electrons. The number of amides is 1. The Morgan fingerprint density at radius 3 is 2.57 bits per heavy atom. The summed E-state index contributed by atoms with van der Waals surface area (Å²) in [6.45, 7) is 3.17. The minimum absolute atomic E-state index is 0.00867. The van der Waals surface area contributed by atoms with Crippen molar-refractivity contribution < 1.29 is 4.79 Å². The first-order valence-electron chi connectivity index (χ1n) is 7.11. The van der Waals surface area contributed by atoms with Gasteiger partial charge in [-0.1, -0.05) is 19.1 Å². The van der Waals surface area contributed by atoms with Crippen LogP contribution in [0.5, 0.6) is 0 Å². The fourth-order valence-corrected chi connectivity index (χ4v) is 2.19. The van der Waals surface area contributed by atoms with E-state index >= 15 is 0 Å². The van der Waals surface area contributed by atoms with Crippen molar-refractivity contribution in [3.63, 3.8) is 0 Å². The monoisotopic (exact) mass is 286 g/mol. The summed E-state index contributed by atoms with van der Waals surface area (Å²) >= 11 is 0. The normalized spacial score (nSPS) is 10.9. The number of aryl methyl sites for hydroxylation is 2. The van der Waals surface area contributed by atoms with Gasteiger partial charge in [-0.3, -0.25) is 14.4 Å². The molecule has 0 spiro atoms. The van der Waals surface area contributed by atoms with Crippen LogP contribution in [-0.4, -0.2) is 34.2 Å². The number of likely N-dealkylation sites (N-methyl/N-ethyl adjacent to an activating group) is 1. The second-order valence-electron chi connectivity index (χ2n) is 5.29. The van der Waals surface area contributed by atoms with Gasteiger partial charge in [0.2, 0.25) is 5.91 Å². The van der Waals surface area contributed by atoms with Crippen LogP contribution in [0.25, 0.3) is 0 Å². The molecule has 0 aliphatic heterocycles.